The Morgan fingerprint density at radius 1 is 1.42 bits per heavy atom. The summed E-state index contributed by atoms with van der Waals surface area (Å²) in [5.74, 6) is -1.53. The van der Waals surface area contributed by atoms with Crippen LogP contribution in [0.4, 0.5) is 20.4 Å². The number of pyridine rings is 1. The van der Waals surface area contributed by atoms with E-state index in [1.165, 1.54) is 14.2 Å². The molecule has 0 radical (unpaired) electrons. The summed E-state index contributed by atoms with van der Waals surface area (Å²) in [5, 5.41) is 11.2. The summed E-state index contributed by atoms with van der Waals surface area (Å²) >= 11 is 0. The van der Waals surface area contributed by atoms with Crippen LogP contribution in [0.1, 0.15) is 6.42 Å². The molecule has 0 amide bonds. The van der Waals surface area contributed by atoms with E-state index in [0.717, 1.165) is 6.07 Å². The number of ether oxygens (including phenoxy) is 1. The van der Waals surface area contributed by atoms with E-state index in [1.54, 1.807) is 4.90 Å². The van der Waals surface area contributed by atoms with Gasteiger partial charge in [0.1, 0.15) is 0 Å². The zero-order valence-corrected chi connectivity index (χ0v) is 10.9. The lowest BCUT2D eigenvalue weighted by molar-refractivity contribution is 0.205. The topological polar surface area (TPSA) is 61.2 Å². The maximum absolute atomic E-state index is 13.8. The molecule has 0 saturated heterocycles. The lowest BCUT2D eigenvalue weighted by Crippen LogP contribution is -2.30. The van der Waals surface area contributed by atoms with Gasteiger partial charge in [0, 0.05) is 33.3 Å². The molecule has 0 aliphatic carbocycles. The highest BCUT2D eigenvalue weighted by atomic mass is 19.1. The summed E-state index contributed by atoms with van der Waals surface area (Å²) in [5.41, 5.74) is 0. The second kappa shape index (κ2) is 7.48. The van der Waals surface area contributed by atoms with E-state index in [4.69, 9.17) is 10.00 Å². The number of anilines is 2. The van der Waals surface area contributed by atoms with Gasteiger partial charge in [0.25, 0.3) is 0 Å². The van der Waals surface area contributed by atoms with Gasteiger partial charge in [-0.25, -0.2) is 13.8 Å². The molecule has 0 aliphatic rings. The first-order chi connectivity index (χ1) is 9.13. The number of nitriles is 1. The maximum atomic E-state index is 13.8. The highest BCUT2D eigenvalue weighted by molar-refractivity contribution is 5.49. The average Bonchev–Trinajstić information content (AvgIpc) is 2.40. The Labute approximate surface area is 110 Å². The number of nitrogens with one attached hydrogen (secondary N) is 1. The molecule has 104 valence electrons. The Kier molecular flexibility index (Phi) is 5.96. The monoisotopic (exact) mass is 270 g/mol. The van der Waals surface area contributed by atoms with Crippen LogP contribution in [0, 0.1) is 23.0 Å². The molecule has 0 atom stereocenters. The maximum Gasteiger partial charge on any atom is 0.168 e. The summed E-state index contributed by atoms with van der Waals surface area (Å²) in [7, 11) is 3.03. The molecule has 1 N–H and O–H groups in total. The third-order valence-electron chi connectivity index (χ3n) is 2.51. The Balaban J connectivity index is 3.02. The Morgan fingerprint density at radius 2 is 2.16 bits per heavy atom. The van der Waals surface area contributed by atoms with Gasteiger partial charge in [-0.2, -0.15) is 5.26 Å². The third kappa shape index (κ3) is 4.03. The van der Waals surface area contributed by atoms with Crippen molar-refractivity contribution < 1.29 is 13.5 Å². The lowest BCUT2D eigenvalue weighted by Gasteiger charge is -2.23. The molecule has 1 aromatic rings. The minimum atomic E-state index is -0.759. The van der Waals surface area contributed by atoms with Gasteiger partial charge in [0.2, 0.25) is 0 Å². The molecular weight excluding hydrogens is 254 g/mol. The molecule has 1 heterocycles. The highest BCUT2D eigenvalue weighted by Gasteiger charge is 2.16. The predicted octanol–water partition coefficient (Wildman–Crippen LogP) is 1.77. The summed E-state index contributed by atoms with van der Waals surface area (Å²) in [6.07, 6.45) is 0.219. The SMILES string of the molecule is CNc1nc(N(CCC#N)CCOC)c(F)cc1F. The van der Waals surface area contributed by atoms with Crippen molar-refractivity contribution in [3.8, 4) is 6.07 Å². The smallest absolute Gasteiger partial charge is 0.168 e. The van der Waals surface area contributed by atoms with Crippen molar-refractivity contribution in [2.24, 2.45) is 0 Å². The molecule has 0 fully saturated rings. The van der Waals surface area contributed by atoms with Crippen LogP contribution < -0.4 is 10.2 Å². The summed E-state index contributed by atoms with van der Waals surface area (Å²) < 4.78 is 32.0. The Morgan fingerprint density at radius 3 is 2.74 bits per heavy atom. The van der Waals surface area contributed by atoms with E-state index in [2.05, 4.69) is 10.3 Å². The number of hydrogen-bond donors (Lipinski definition) is 1. The fraction of sp³-hybridized carbons (Fsp3) is 0.500. The van der Waals surface area contributed by atoms with Gasteiger partial charge in [-0.05, 0) is 0 Å². The number of rotatable bonds is 7. The summed E-state index contributed by atoms with van der Waals surface area (Å²) in [6.45, 7) is 1.04. The minimum Gasteiger partial charge on any atom is -0.383 e. The number of nitrogens with zero attached hydrogens (tertiary/aromatic N) is 3. The molecule has 0 aliphatic heterocycles. The zero-order valence-electron chi connectivity index (χ0n) is 10.9. The molecule has 7 heteroatoms. The van der Waals surface area contributed by atoms with Gasteiger partial charge in [0.05, 0.1) is 19.1 Å². The van der Waals surface area contributed by atoms with Gasteiger partial charge >= 0.3 is 0 Å². The second-order valence-corrected chi connectivity index (χ2v) is 3.76. The van der Waals surface area contributed by atoms with Gasteiger partial charge < -0.3 is 15.0 Å². The van der Waals surface area contributed by atoms with Crippen LogP contribution in [0.2, 0.25) is 0 Å². The van der Waals surface area contributed by atoms with Crippen molar-refractivity contribution in [1.29, 1.82) is 5.26 Å². The number of hydrogen-bond acceptors (Lipinski definition) is 5. The Bertz CT molecular complexity index is 462. The Hall–Kier alpha value is -1.94. The third-order valence-corrected chi connectivity index (χ3v) is 2.51. The van der Waals surface area contributed by atoms with Crippen molar-refractivity contribution in [1.82, 2.24) is 4.98 Å². The quantitative estimate of drug-likeness (QED) is 0.818. The van der Waals surface area contributed by atoms with Gasteiger partial charge in [-0.1, -0.05) is 0 Å². The van der Waals surface area contributed by atoms with Crippen LogP contribution >= 0.6 is 0 Å². The first kappa shape index (κ1) is 15.1. The number of methoxy groups -OCH3 is 1. The molecule has 0 aromatic carbocycles. The van der Waals surface area contributed by atoms with E-state index in [-0.39, 0.29) is 18.1 Å². The first-order valence-electron chi connectivity index (χ1n) is 5.78. The van der Waals surface area contributed by atoms with Crippen LogP contribution in [0.3, 0.4) is 0 Å². The minimum absolute atomic E-state index is 0.0121. The van der Waals surface area contributed by atoms with E-state index in [9.17, 15) is 8.78 Å². The van der Waals surface area contributed by atoms with E-state index >= 15 is 0 Å². The van der Waals surface area contributed by atoms with E-state index in [0.29, 0.717) is 19.7 Å². The molecule has 5 nitrogen and oxygen atoms in total. The molecule has 0 bridgehead atoms. The van der Waals surface area contributed by atoms with E-state index in [1.807, 2.05) is 6.07 Å². The van der Waals surface area contributed by atoms with Crippen molar-refractivity contribution in [3.63, 3.8) is 0 Å². The molecule has 1 rings (SSSR count). The molecule has 0 spiro atoms. The van der Waals surface area contributed by atoms with Gasteiger partial charge in [0.15, 0.2) is 23.3 Å². The van der Waals surface area contributed by atoms with Crippen molar-refractivity contribution >= 4 is 11.6 Å². The van der Waals surface area contributed by atoms with E-state index < -0.39 is 11.6 Å². The predicted molar refractivity (Wildman–Crippen MR) is 68.0 cm³/mol. The fourth-order valence-corrected chi connectivity index (χ4v) is 1.56. The van der Waals surface area contributed by atoms with Crippen molar-refractivity contribution in [2.75, 3.05) is 44.1 Å². The number of aromatic nitrogens is 1. The molecular formula is C12H16F2N4O. The average molecular weight is 270 g/mol. The van der Waals surface area contributed by atoms with Crippen LogP contribution in [-0.4, -0.2) is 38.8 Å². The molecule has 0 unspecified atom stereocenters. The van der Waals surface area contributed by atoms with Crippen LogP contribution in [0.15, 0.2) is 6.07 Å². The van der Waals surface area contributed by atoms with Crippen LogP contribution in [0.25, 0.3) is 0 Å². The van der Waals surface area contributed by atoms with Crippen molar-refractivity contribution in [3.05, 3.63) is 17.7 Å². The second-order valence-electron chi connectivity index (χ2n) is 3.76. The standard InChI is InChI=1S/C12H16F2N4O/c1-16-11-9(13)8-10(14)12(17-11)18(5-3-4-15)6-7-19-2/h8H,3,5-7H2,1-2H3,(H,16,17). The van der Waals surface area contributed by atoms with Crippen molar-refractivity contribution in [2.45, 2.75) is 6.42 Å². The van der Waals surface area contributed by atoms with Crippen LogP contribution in [-0.2, 0) is 4.74 Å². The van der Waals surface area contributed by atoms with Gasteiger partial charge in [-0.15, -0.1) is 0 Å². The number of halogens is 2. The fourth-order valence-electron chi connectivity index (χ4n) is 1.56. The lowest BCUT2D eigenvalue weighted by atomic mass is 10.3. The zero-order chi connectivity index (χ0) is 14.3. The molecule has 1 aromatic heterocycles. The largest absolute Gasteiger partial charge is 0.383 e. The van der Waals surface area contributed by atoms with Gasteiger partial charge in [-0.3, -0.25) is 0 Å². The molecule has 0 saturated carbocycles. The summed E-state index contributed by atoms with van der Waals surface area (Å²) in [4.78, 5) is 5.45. The normalized spacial score (nSPS) is 10.1. The summed E-state index contributed by atoms with van der Waals surface area (Å²) in [6, 6.07) is 2.76. The molecule has 19 heavy (non-hydrogen) atoms. The highest BCUT2D eigenvalue weighted by Crippen LogP contribution is 2.22. The van der Waals surface area contributed by atoms with Crippen LogP contribution in [0.5, 0.6) is 0 Å². The first-order valence-corrected chi connectivity index (χ1v) is 5.78.